The van der Waals surface area contributed by atoms with E-state index in [4.69, 9.17) is 4.74 Å². The number of carbonyl (C=O) groups is 1. The van der Waals surface area contributed by atoms with Crippen molar-refractivity contribution < 1.29 is 19.4 Å². The molecule has 6 nitrogen and oxygen atoms in total. The molecule has 0 radical (unpaired) electrons. The fourth-order valence-corrected chi connectivity index (χ4v) is 1.27. The minimum absolute atomic E-state index is 0.230. The van der Waals surface area contributed by atoms with Crippen LogP contribution >= 0.6 is 22.6 Å². The average molecular weight is 330 g/mol. The highest BCUT2D eigenvalue weighted by Crippen LogP contribution is 2.21. The molecule has 0 fully saturated rings. The molecule has 1 unspecified atom stereocenters. The third kappa shape index (κ3) is 8.70. The lowest BCUT2D eigenvalue weighted by molar-refractivity contribution is -0.137. The molecule has 0 aliphatic heterocycles. The highest BCUT2D eigenvalue weighted by molar-refractivity contribution is 14.1. The van der Waals surface area contributed by atoms with E-state index >= 15 is 0 Å². The van der Waals surface area contributed by atoms with Crippen LogP contribution < -0.4 is 0 Å². The molecule has 0 aromatic carbocycles. The van der Waals surface area contributed by atoms with Crippen LogP contribution in [0.25, 0.3) is 0 Å². The van der Waals surface area contributed by atoms with Gasteiger partial charge in [-0.3, -0.25) is 0 Å². The number of aliphatic hydroxyl groups is 1. The van der Waals surface area contributed by atoms with E-state index < -0.39 is 10.0 Å². The van der Waals surface area contributed by atoms with E-state index in [2.05, 4.69) is 15.0 Å². The molecule has 1 amide bonds. The van der Waals surface area contributed by atoms with Gasteiger partial charge in [-0.15, -0.1) is 5.11 Å². The SMILES string of the molecule is CC(C)OC(=O)N=NC(O)(I)OC(C)C. The van der Waals surface area contributed by atoms with Gasteiger partial charge in [-0.25, -0.2) is 4.79 Å². The number of ether oxygens (including phenoxy) is 2. The molecular formula is C8H15IN2O4. The van der Waals surface area contributed by atoms with Gasteiger partial charge in [-0.2, -0.15) is 0 Å². The molecule has 0 spiro atoms. The Morgan fingerprint density at radius 2 is 1.87 bits per heavy atom. The largest absolute Gasteiger partial charge is 0.452 e. The van der Waals surface area contributed by atoms with Gasteiger partial charge < -0.3 is 14.6 Å². The molecule has 0 bridgehead atoms. The summed E-state index contributed by atoms with van der Waals surface area (Å²) in [6.07, 6.45) is -1.36. The van der Waals surface area contributed by atoms with Crippen LogP contribution in [0, 0.1) is 0 Å². The Balaban J connectivity index is 4.19. The van der Waals surface area contributed by atoms with Gasteiger partial charge in [0.05, 0.1) is 12.2 Å². The van der Waals surface area contributed by atoms with E-state index in [0.717, 1.165) is 0 Å². The van der Waals surface area contributed by atoms with E-state index in [1.807, 2.05) is 0 Å². The molecule has 0 aliphatic carbocycles. The summed E-state index contributed by atoms with van der Waals surface area (Å²) in [5.74, 6) is 0. The molecule has 7 heteroatoms. The Kier molecular flexibility index (Phi) is 6.22. The summed E-state index contributed by atoms with van der Waals surface area (Å²) >= 11 is 1.52. The van der Waals surface area contributed by atoms with Gasteiger partial charge >= 0.3 is 10.0 Å². The van der Waals surface area contributed by atoms with Crippen LogP contribution in [0.4, 0.5) is 4.79 Å². The molecular weight excluding hydrogens is 315 g/mol. The number of azo groups is 1. The Hall–Kier alpha value is -0.280. The third-order valence-electron chi connectivity index (χ3n) is 0.977. The summed E-state index contributed by atoms with van der Waals surface area (Å²) in [6.45, 7) is 6.83. The second kappa shape index (κ2) is 6.33. The van der Waals surface area contributed by atoms with Gasteiger partial charge in [0.25, 0.3) is 0 Å². The number of carbonyl (C=O) groups excluding carboxylic acids is 1. The van der Waals surface area contributed by atoms with E-state index in [0.29, 0.717) is 0 Å². The molecule has 0 rings (SSSR count). The Labute approximate surface area is 102 Å². The van der Waals surface area contributed by atoms with Crippen molar-refractivity contribution in [2.45, 2.75) is 43.8 Å². The lowest BCUT2D eigenvalue weighted by atomic mass is 10.5. The van der Waals surface area contributed by atoms with Gasteiger partial charge in [0.15, 0.2) is 0 Å². The number of alkyl halides is 1. The molecule has 1 N–H and O–H groups in total. The number of halogens is 1. The average Bonchev–Trinajstić information content (AvgIpc) is 1.97. The summed E-state index contributed by atoms with van der Waals surface area (Å²) < 4.78 is 7.82. The summed E-state index contributed by atoms with van der Waals surface area (Å²) in [5.41, 5.74) is 0. The van der Waals surface area contributed by atoms with Gasteiger partial charge in [0, 0.05) is 22.6 Å². The van der Waals surface area contributed by atoms with E-state index in [9.17, 15) is 9.90 Å². The quantitative estimate of drug-likeness (QED) is 0.282. The zero-order chi connectivity index (χ0) is 12.1. The number of nitrogens with zero attached hydrogens (tertiary/aromatic N) is 2. The van der Waals surface area contributed by atoms with Crippen molar-refractivity contribution in [2.75, 3.05) is 0 Å². The van der Waals surface area contributed by atoms with E-state index in [-0.39, 0.29) is 12.2 Å². The summed E-state index contributed by atoms with van der Waals surface area (Å²) in [4.78, 5) is 10.9. The first-order valence-corrected chi connectivity index (χ1v) is 5.53. The molecule has 0 heterocycles. The highest BCUT2D eigenvalue weighted by Gasteiger charge is 2.25. The lowest BCUT2D eigenvalue weighted by Gasteiger charge is -2.17. The number of hydrogen-bond donors (Lipinski definition) is 1. The van der Waals surface area contributed by atoms with Crippen LogP contribution in [0.2, 0.25) is 0 Å². The molecule has 0 aliphatic rings. The normalized spacial score (nSPS) is 16.0. The van der Waals surface area contributed by atoms with Gasteiger partial charge in [0.1, 0.15) is 0 Å². The summed E-state index contributed by atoms with van der Waals surface area (Å²) in [6, 6.07) is 0. The van der Waals surface area contributed by atoms with Crippen LogP contribution in [0.3, 0.4) is 0 Å². The van der Waals surface area contributed by atoms with Crippen LogP contribution in [0.1, 0.15) is 27.7 Å². The highest BCUT2D eigenvalue weighted by atomic mass is 127. The smallest absolute Gasteiger partial charge is 0.444 e. The fraction of sp³-hybridized carbons (Fsp3) is 0.875. The maximum atomic E-state index is 10.9. The van der Waals surface area contributed by atoms with Crippen molar-refractivity contribution in [3.8, 4) is 0 Å². The maximum absolute atomic E-state index is 10.9. The first-order chi connectivity index (χ1) is 6.73. The first-order valence-electron chi connectivity index (χ1n) is 4.45. The summed E-state index contributed by atoms with van der Waals surface area (Å²) in [5, 5.41) is 16.0. The summed E-state index contributed by atoms with van der Waals surface area (Å²) in [7, 11) is 0. The van der Waals surface area contributed by atoms with Gasteiger partial charge in [-0.05, 0) is 27.7 Å². The first kappa shape index (κ1) is 14.7. The number of amides is 1. The fourth-order valence-electron chi connectivity index (χ4n) is 0.651. The van der Waals surface area contributed by atoms with Crippen molar-refractivity contribution in [1.29, 1.82) is 0 Å². The standard InChI is InChI=1S/C8H15IN2O4/c1-5(2)14-7(12)10-11-8(9,13)15-6(3)4/h5-6,13H,1-4H3. The monoisotopic (exact) mass is 330 g/mol. The molecule has 0 aromatic rings. The van der Waals surface area contributed by atoms with Gasteiger partial charge in [0.2, 0.25) is 0 Å². The molecule has 88 valence electrons. The molecule has 0 aromatic heterocycles. The van der Waals surface area contributed by atoms with E-state index in [1.165, 1.54) is 22.6 Å². The molecule has 1 atom stereocenters. The predicted octanol–water partition coefficient (Wildman–Crippen LogP) is 2.45. The zero-order valence-electron chi connectivity index (χ0n) is 9.10. The molecule has 0 saturated heterocycles. The van der Waals surface area contributed by atoms with Crippen molar-refractivity contribution >= 4 is 28.7 Å². The Morgan fingerprint density at radius 1 is 1.33 bits per heavy atom. The topological polar surface area (TPSA) is 80.5 Å². The van der Waals surface area contributed by atoms with E-state index in [1.54, 1.807) is 27.7 Å². The van der Waals surface area contributed by atoms with Crippen molar-refractivity contribution in [2.24, 2.45) is 10.2 Å². The zero-order valence-corrected chi connectivity index (χ0v) is 11.3. The van der Waals surface area contributed by atoms with Crippen LogP contribution in [0.15, 0.2) is 10.2 Å². The number of rotatable bonds is 4. The second-order valence-electron chi connectivity index (χ2n) is 3.33. The predicted molar refractivity (Wildman–Crippen MR) is 61.7 cm³/mol. The number of hydrogen-bond acceptors (Lipinski definition) is 5. The minimum atomic E-state index is -1.83. The Morgan fingerprint density at radius 3 is 2.27 bits per heavy atom. The van der Waals surface area contributed by atoms with Crippen molar-refractivity contribution in [3.05, 3.63) is 0 Å². The van der Waals surface area contributed by atoms with Crippen LogP contribution in [-0.4, -0.2) is 27.3 Å². The molecule has 0 saturated carbocycles. The van der Waals surface area contributed by atoms with Crippen molar-refractivity contribution in [3.63, 3.8) is 0 Å². The second-order valence-corrected chi connectivity index (χ2v) is 4.73. The maximum Gasteiger partial charge on any atom is 0.452 e. The van der Waals surface area contributed by atoms with Crippen LogP contribution in [-0.2, 0) is 9.47 Å². The molecule has 15 heavy (non-hydrogen) atoms. The van der Waals surface area contributed by atoms with Crippen molar-refractivity contribution in [1.82, 2.24) is 0 Å². The van der Waals surface area contributed by atoms with Gasteiger partial charge in [-0.1, -0.05) is 5.11 Å². The van der Waals surface area contributed by atoms with Crippen LogP contribution in [0.5, 0.6) is 0 Å². The lowest BCUT2D eigenvalue weighted by Crippen LogP contribution is -2.25. The minimum Gasteiger partial charge on any atom is -0.444 e. The Bertz CT molecular complexity index is 241. The third-order valence-corrected chi connectivity index (χ3v) is 1.45.